The molecule has 2 N–H and O–H groups in total. The van der Waals surface area contributed by atoms with Gasteiger partial charge >= 0.3 is 5.97 Å². The first-order valence-corrected chi connectivity index (χ1v) is 5.50. The average molecular weight is 227 g/mol. The highest BCUT2D eigenvalue weighted by atomic mass is 32.1. The number of hydrogen-bond acceptors (Lipinski definition) is 3. The van der Waals surface area contributed by atoms with E-state index in [0.29, 0.717) is 5.56 Å². The SMILES string of the molecule is Cc1cscc1C(=O)NCC(C)C(=O)O. The number of carboxylic acids is 1. The van der Waals surface area contributed by atoms with Crippen LogP contribution in [0.25, 0.3) is 0 Å². The minimum Gasteiger partial charge on any atom is -0.481 e. The molecule has 0 aliphatic heterocycles. The molecule has 1 amide bonds. The van der Waals surface area contributed by atoms with Gasteiger partial charge in [0.15, 0.2) is 0 Å². The number of hydrogen-bond donors (Lipinski definition) is 2. The average Bonchev–Trinajstić information content (AvgIpc) is 2.60. The molecule has 1 aromatic rings. The first kappa shape index (κ1) is 11.7. The second-order valence-electron chi connectivity index (χ2n) is 3.42. The Kier molecular flexibility index (Phi) is 3.85. The second kappa shape index (κ2) is 4.93. The molecule has 4 nitrogen and oxygen atoms in total. The summed E-state index contributed by atoms with van der Waals surface area (Å²) in [6.07, 6.45) is 0. The van der Waals surface area contributed by atoms with Gasteiger partial charge in [-0.2, -0.15) is 11.3 Å². The maximum Gasteiger partial charge on any atom is 0.308 e. The van der Waals surface area contributed by atoms with E-state index >= 15 is 0 Å². The molecule has 0 aliphatic carbocycles. The Bertz CT molecular complexity index is 372. The molecular formula is C10H13NO3S. The second-order valence-corrected chi connectivity index (χ2v) is 4.16. The van der Waals surface area contributed by atoms with E-state index < -0.39 is 11.9 Å². The molecule has 1 unspecified atom stereocenters. The maximum absolute atomic E-state index is 11.6. The van der Waals surface area contributed by atoms with E-state index in [4.69, 9.17) is 5.11 Å². The van der Waals surface area contributed by atoms with Crippen molar-refractivity contribution in [2.45, 2.75) is 13.8 Å². The quantitative estimate of drug-likeness (QED) is 0.819. The highest BCUT2D eigenvalue weighted by Gasteiger charge is 2.14. The van der Waals surface area contributed by atoms with Gasteiger partial charge in [0.25, 0.3) is 5.91 Å². The van der Waals surface area contributed by atoms with Crippen LogP contribution < -0.4 is 5.32 Å². The van der Waals surface area contributed by atoms with Crippen LogP contribution in [-0.4, -0.2) is 23.5 Å². The lowest BCUT2D eigenvalue weighted by molar-refractivity contribution is -0.140. The molecule has 15 heavy (non-hydrogen) atoms. The van der Waals surface area contributed by atoms with Gasteiger partial charge in [0.2, 0.25) is 0 Å². The van der Waals surface area contributed by atoms with Crippen LogP contribution in [0.4, 0.5) is 0 Å². The zero-order chi connectivity index (χ0) is 11.4. The van der Waals surface area contributed by atoms with Crippen LogP contribution >= 0.6 is 11.3 Å². The van der Waals surface area contributed by atoms with E-state index in [2.05, 4.69) is 5.32 Å². The number of carboxylic acid groups (broad SMARTS) is 1. The number of nitrogens with one attached hydrogen (secondary N) is 1. The number of carbonyl (C=O) groups is 2. The number of thiophene rings is 1. The van der Waals surface area contributed by atoms with Crippen LogP contribution in [0.1, 0.15) is 22.8 Å². The molecule has 0 fully saturated rings. The van der Waals surface area contributed by atoms with Gasteiger partial charge in [0, 0.05) is 11.9 Å². The van der Waals surface area contributed by atoms with Crippen molar-refractivity contribution in [1.82, 2.24) is 5.32 Å². The molecule has 5 heteroatoms. The summed E-state index contributed by atoms with van der Waals surface area (Å²) < 4.78 is 0. The molecule has 1 atom stereocenters. The fourth-order valence-electron chi connectivity index (χ4n) is 1.02. The largest absolute Gasteiger partial charge is 0.481 e. The van der Waals surface area contributed by atoms with E-state index in [1.54, 1.807) is 12.3 Å². The molecule has 0 spiro atoms. The molecule has 0 aliphatic rings. The summed E-state index contributed by atoms with van der Waals surface area (Å²) in [6.45, 7) is 3.57. The molecule has 0 saturated carbocycles. The van der Waals surface area contributed by atoms with Crippen molar-refractivity contribution in [2.75, 3.05) is 6.54 Å². The number of aryl methyl sites for hydroxylation is 1. The molecule has 1 aromatic heterocycles. The van der Waals surface area contributed by atoms with Gasteiger partial charge in [-0.3, -0.25) is 9.59 Å². The van der Waals surface area contributed by atoms with Gasteiger partial charge in [-0.05, 0) is 17.9 Å². The van der Waals surface area contributed by atoms with Gasteiger partial charge < -0.3 is 10.4 Å². The molecule has 0 bridgehead atoms. The highest BCUT2D eigenvalue weighted by molar-refractivity contribution is 7.08. The summed E-state index contributed by atoms with van der Waals surface area (Å²) in [5.74, 6) is -1.67. The van der Waals surface area contributed by atoms with Gasteiger partial charge in [0.05, 0.1) is 11.5 Å². The normalized spacial score (nSPS) is 12.1. The van der Waals surface area contributed by atoms with Crippen LogP contribution in [0, 0.1) is 12.8 Å². The molecule has 0 aromatic carbocycles. The lowest BCUT2D eigenvalue weighted by Crippen LogP contribution is -2.31. The van der Waals surface area contributed by atoms with E-state index in [1.165, 1.54) is 11.3 Å². The smallest absolute Gasteiger partial charge is 0.308 e. The molecule has 1 heterocycles. The Morgan fingerprint density at radius 1 is 1.53 bits per heavy atom. The van der Waals surface area contributed by atoms with Crippen molar-refractivity contribution < 1.29 is 14.7 Å². The number of aliphatic carboxylic acids is 1. The Balaban J connectivity index is 2.51. The molecule has 1 rings (SSSR count). The van der Waals surface area contributed by atoms with Crippen LogP contribution in [0.5, 0.6) is 0 Å². The lowest BCUT2D eigenvalue weighted by atomic mass is 10.1. The van der Waals surface area contributed by atoms with Crippen LogP contribution in [0.2, 0.25) is 0 Å². The number of amides is 1. The first-order valence-electron chi connectivity index (χ1n) is 4.56. The van der Waals surface area contributed by atoms with Crippen molar-refractivity contribution in [2.24, 2.45) is 5.92 Å². The van der Waals surface area contributed by atoms with E-state index in [1.807, 2.05) is 12.3 Å². The standard InChI is InChI=1S/C10H13NO3S/c1-6(10(13)14)3-11-9(12)8-5-15-4-7(8)2/h4-6H,3H2,1-2H3,(H,11,12)(H,13,14). The summed E-state index contributed by atoms with van der Waals surface area (Å²) in [7, 11) is 0. The maximum atomic E-state index is 11.6. The van der Waals surface area contributed by atoms with Crippen LogP contribution in [0.15, 0.2) is 10.8 Å². The predicted molar refractivity (Wildman–Crippen MR) is 58.2 cm³/mol. The van der Waals surface area contributed by atoms with Gasteiger partial charge in [-0.1, -0.05) is 6.92 Å². The number of rotatable bonds is 4. The van der Waals surface area contributed by atoms with Crippen molar-refractivity contribution in [3.8, 4) is 0 Å². The van der Waals surface area contributed by atoms with Crippen molar-refractivity contribution in [3.63, 3.8) is 0 Å². The minimum absolute atomic E-state index is 0.156. The summed E-state index contributed by atoms with van der Waals surface area (Å²) in [4.78, 5) is 22.1. The van der Waals surface area contributed by atoms with Crippen molar-refractivity contribution >= 4 is 23.2 Å². The summed E-state index contributed by atoms with van der Waals surface area (Å²) in [5.41, 5.74) is 1.54. The molecule has 0 radical (unpaired) electrons. The zero-order valence-corrected chi connectivity index (χ0v) is 9.43. The predicted octanol–water partition coefficient (Wildman–Crippen LogP) is 1.51. The highest BCUT2D eigenvalue weighted by Crippen LogP contribution is 2.13. The Hall–Kier alpha value is -1.36. The van der Waals surface area contributed by atoms with Crippen molar-refractivity contribution in [3.05, 3.63) is 21.9 Å². The minimum atomic E-state index is -0.905. The lowest BCUT2D eigenvalue weighted by Gasteiger charge is -2.07. The summed E-state index contributed by atoms with van der Waals surface area (Å²) in [5, 5.41) is 14.9. The number of carbonyl (C=O) groups excluding carboxylic acids is 1. The van der Waals surface area contributed by atoms with Crippen molar-refractivity contribution in [1.29, 1.82) is 0 Å². The summed E-state index contributed by atoms with van der Waals surface area (Å²) in [6, 6.07) is 0. The van der Waals surface area contributed by atoms with Crippen LogP contribution in [0.3, 0.4) is 0 Å². The van der Waals surface area contributed by atoms with Gasteiger partial charge in [-0.15, -0.1) is 0 Å². The third-order valence-electron chi connectivity index (χ3n) is 2.09. The fourth-order valence-corrected chi connectivity index (χ4v) is 1.85. The fraction of sp³-hybridized carbons (Fsp3) is 0.400. The van der Waals surface area contributed by atoms with Gasteiger partial charge in [0.1, 0.15) is 0 Å². The first-order chi connectivity index (χ1) is 7.02. The Morgan fingerprint density at radius 3 is 2.67 bits per heavy atom. The third-order valence-corrected chi connectivity index (χ3v) is 2.95. The summed E-state index contributed by atoms with van der Waals surface area (Å²) >= 11 is 1.46. The zero-order valence-electron chi connectivity index (χ0n) is 8.61. The van der Waals surface area contributed by atoms with Crippen LogP contribution in [-0.2, 0) is 4.79 Å². The molecule has 82 valence electrons. The van der Waals surface area contributed by atoms with E-state index in [9.17, 15) is 9.59 Å². The topological polar surface area (TPSA) is 66.4 Å². The third kappa shape index (κ3) is 3.06. The Labute approximate surface area is 91.9 Å². The van der Waals surface area contributed by atoms with E-state index in [-0.39, 0.29) is 12.5 Å². The molecular weight excluding hydrogens is 214 g/mol. The van der Waals surface area contributed by atoms with Gasteiger partial charge in [-0.25, -0.2) is 0 Å². The van der Waals surface area contributed by atoms with E-state index in [0.717, 1.165) is 5.56 Å². The monoisotopic (exact) mass is 227 g/mol. The Morgan fingerprint density at radius 2 is 2.20 bits per heavy atom. The molecule has 0 saturated heterocycles.